The molecule has 1 amide bonds. The highest BCUT2D eigenvalue weighted by molar-refractivity contribution is 5.99. The molecule has 0 saturated carbocycles. The Bertz CT molecular complexity index is 330. The summed E-state index contributed by atoms with van der Waals surface area (Å²) < 4.78 is 0. The van der Waals surface area contributed by atoms with Crippen molar-refractivity contribution < 1.29 is 9.90 Å². The van der Waals surface area contributed by atoms with Gasteiger partial charge in [0.05, 0.1) is 23.9 Å². The molecule has 0 fully saturated rings. The van der Waals surface area contributed by atoms with Gasteiger partial charge in [-0.05, 0) is 13.0 Å². The van der Waals surface area contributed by atoms with Crippen LogP contribution >= 0.6 is 0 Å². The molecule has 2 heterocycles. The highest BCUT2D eigenvalue weighted by Gasteiger charge is 2.29. The van der Waals surface area contributed by atoms with Gasteiger partial charge in [0, 0.05) is 5.69 Å². The molecule has 0 saturated heterocycles. The van der Waals surface area contributed by atoms with Crippen molar-refractivity contribution in [2.45, 2.75) is 13.0 Å². The lowest BCUT2D eigenvalue weighted by molar-refractivity contribution is 0.0942. The van der Waals surface area contributed by atoms with Crippen LogP contribution in [-0.4, -0.2) is 22.6 Å². The second-order valence-corrected chi connectivity index (χ2v) is 2.99. The summed E-state index contributed by atoms with van der Waals surface area (Å²) in [6.45, 7) is 1.83. The molecule has 1 atom stereocenters. The summed E-state index contributed by atoms with van der Waals surface area (Å²) in [4.78, 5) is 14.3. The maximum absolute atomic E-state index is 11.2. The van der Waals surface area contributed by atoms with Gasteiger partial charge in [0.25, 0.3) is 5.91 Å². The molecule has 64 valence electrons. The number of aliphatic hydroxyl groups is 1. The van der Waals surface area contributed by atoms with E-state index in [0.717, 1.165) is 11.4 Å². The number of H-pyrrole nitrogens is 1. The highest BCUT2D eigenvalue weighted by atomic mass is 16.3. The number of aryl methyl sites for hydroxylation is 1. The number of aromatic nitrogens is 1. The van der Waals surface area contributed by atoms with E-state index in [2.05, 4.69) is 10.3 Å². The number of aliphatic hydroxyl groups excluding tert-OH is 1. The minimum absolute atomic E-state index is 0.0569. The van der Waals surface area contributed by atoms with Crippen LogP contribution < -0.4 is 5.32 Å². The van der Waals surface area contributed by atoms with Crippen molar-refractivity contribution >= 4 is 5.91 Å². The van der Waals surface area contributed by atoms with Gasteiger partial charge < -0.3 is 15.4 Å². The highest BCUT2D eigenvalue weighted by Crippen LogP contribution is 2.24. The summed E-state index contributed by atoms with van der Waals surface area (Å²) in [5.74, 6) is -0.103. The maximum atomic E-state index is 11.2. The standard InChI is InChI=1S/C8H10N2O2/c1-4-2-5-7(9-4)6(3-11)10-8(5)12/h2,6,9,11H,3H2,1H3,(H,10,12). The molecular formula is C8H10N2O2. The normalized spacial score (nSPS) is 20.8. The Hall–Kier alpha value is -1.29. The molecule has 1 aromatic rings. The number of hydrogen-bond donors (Lipinski definition) is 3. The number of carbonyl (C=O) groups excluding carboxylic acids is 1. The van der Waals surface area contributed by atoms with Crippen molar-refractivity contribution in [3.63, 3.8) is 0 Å². The predicted octanol–water partition coefficient (Wildman–Crippen LogP) is 0.0999. The third-order valence-corrected chi connectivity index (χ3v) is 2.06. The zero-order chi connectivity index (χ0) is 8.72. The Kier molecular flexibility index (Phi) is 1.44. The van der Waals surface area contributed by atoms with E-state index in [4.69, 9.17) is 5.11 Å². The lowest BCUT2D eigenvalue weighted by atomic mass is 10.2. The van der Waals surface area contributed by atoms with Crippen molar-refractivity contribution in [1.82, 2.24) is 10.3 Å². The maximum Gasteiger partial charge on any atom is 0.253 e. The van der Waals surface area contributed by atoms with Crippen LogP contribution in [0.25, 0.3) is 0 Å². The number of carbonyl (C=O) groups is 1. The fraction of sp³-hybridized carbons (Fsp3) is 0.375. The molecular weight excluding hydrogens is 156 g/mol. The van der Waals surface area contributed by atoms with Crippen LogP contribution in [0.1, 0.15) is 27.8 Å². The van der Waals surface area contributed by atoms with E-state index >= 15 is 0 Å². The van der Waals surface area contributed by atoms with E-state index in [0.29, 0.717) is 5.56 Å². The van der Waals surface area contributed by atoms with Crippen molar-refractivity contribution in [1.29, 1.82) is 0 Å². The average molecular weight is 166 g/mol. The quantitative estimate of drug-likeness (QED) is 0.554. The lowest BCUT2D eigenvalue weighted by Gasteiger charge is -2.05. The number of nitrogens with one attached hydrogen (secondary N) is 2. The van der Waals surface area contributed by atoms with Crippen molar-refractivity contribution in [3.8, 4) is 0 Å². The molecule has 0 spiro atoms. The van der Waals surface area contributed by atoms with Crippen LogP contribution in [0, 0.1) is 6.92 Å². The molecule has 4 nitrogen and oxygen atoms in total. The molecule has 1 unspecified atom stereocenters. The largest absolute Gasteiger partial charge is 0.394 e. The number of aromatic amines is 1. The summed E-state index contributed by atoms with van der Waals surface area (Å²) >= 11 is 0. The van der Waals surface area contributed by atoms with Crippen LogP contribution in [0.3, 0.4) is 0 Å². The van der Waals surface area contributed by atoms with E-state index < -0.39 is 0 Å². The Balaban J connectivity index is 2.48. The predicted molar refractivity (Wildman–Crippen MR) is 42.8 cm³/mol. The number of fused-ring (bicyclic) bond motifs is 1. The summed E-state index contributed by atoms with van der Waals surface area (Å²) in [5.41, 5.74) is 2.42. The molecule has 2 rings (SSSR count). The van der Waals surface area contributed by atoms with E-state index in [1.807, 2.05) is 6.92 Å². The molecule has 3 N–H and O–H groups in total. The molecule has 0 aromatic carbocycles. The van der Waals surface area contributed by atoms with Gasteiger partial charge in [-0.3, -0.25) is 4.79 Å². The second kappa shape index (κ2) is 2.35. The fourth-order valence-electron chi connectivity index (χ4n) is 1.52. The molecule has 12 heavy (non-hydrogen) atoms. The van der Waals surface area contributed by atoms with Gasteiger partial charge in [0.1, 0.15) is 0 Å². The van der Waals surface area contributed by atoms with Gasteiger partial charge in [-0.15, -0.1) is 0 Å². The first kappa shape index (κ1) is 7.36. The van der Waals surface area contributed by atoms with Gasteiger partial charge in [0.2, 0.25) is 0 Å². The minimum Gasteiger partial charge on any atom is -0.394 e. The lowest BCUT2D eigenvalue weighted by Crippen LogP contribution is -2.22. The number of rotatable bonds is 1. The number of amides is 1. The third kappa shape index (κ3) is 0.848. The zero-order valence-electron chi connectivity index (χ0n) is 6.72. The molecule has 0 radical (unpaired) electrons. The Morgan fingerprint density at radius 1 is 1.67 bits per heavy atom. The van der Waals surface area contributed by atoms with E-state index in [1.54, 1.807) is 6.07 Å². The van der Waals surface area contributed by atoms with Crippen LogP contribution in [-0.2, 0) is 0 Å². The van der Waals surface area contributed by atoms with Crippen molar-refractivity contribution in [2.24, 2.45) is 0 Å². The van der Waals surface area contributed by atoms with Crippen LogP contribution in [0.4, 0.5) is 0 Å². The first-order valence-corrected chi connectivity index (χ1v) is 3.83. The van der Waals surface area contributed by atoms with Crippen LogP contribution in [0.5, 0.6) is 0 Å². The van der Waals surface area contributed by atoms with E-state index in [9.17, 15) is 4.79 Å². The van der Waals surface area contributed by atoms with Crippen molar-refractivity contribution in [3.05, 3.63) is 23.0 Å². The summed E-state index contributed by atoms with van der Waals surface area (Å²) in [5, 5.41) is 11.6. The Labute approximate surface area is 69.6 Å². The van der Waals surface area contributed by atoms with E-state index in [-0.39, 0.29) is 18.6 Å². The molecule has 4 heteroatoms. The topological polar surface area (TPSA) is 65.1 Å². The van der Waals surface area contributed by atoms with E-state index in [1.165, 1.54) is 0 Å². The van der Waals surface area contributed by atoms with Gasteiger partial charge in [-0.2, -0.15) is 0 Å². The smallest absolute Gasteiger partial charge is 0.253 e. The molecule has 1 aromatic heterocycles. The van der Waals surface area contributed by atoms with Gasteiger partial charge in [-0.25, -0.2) is 0 Å². The van der Waals surface area contributed by atoms with Crippen LogP contribution in [0.15, 0.2) is 6.07 Å². The molecule has 1 aliphatic rings. The summed E-state index contributed by atoms with van der Waals surface area (Å²) in [7, 11) is 0. The molecule has 0 bridgehead atoms. The summed E-state index contributed by atoms with van der Waals surface area (Å²) in [6.07, 6.45) is 0. The Morgan fingerprint density at radius 3 is 3.08 bits per heavy atom. The van der Waals surface area contributed by atoms with Crippen LogP contribution in [0.2, 0.25) is 0 Å². The monoisotopic (exact) mass is 166 g/mol. The fourth-order valence-corrected chi connectivity index (χ4v) is 1.52. The Morgan fingerprint density at radius 2 is 2.42 bits per heavy atom. The molecule has 0 aliphatic carbocycles. The van der Waals surface area contributed by atoms with Gasteiger partial charge in [-0.1, -0.05) is 0 Å². The average Bonchev–Trinajstić information content (AvgIpc) is 2.52. The molecule has 1 aliphatic heterocycles. The third-order valence-electron chi connectivity index (χ3n) is 2.06. The van der Waals surface area contributed by atoms with Gasteiger partial charge in [0.15, 0.2) is 0 Å². The first-order chi connectivity index (χ1) is 5.72. The zero-order valence-corrected chi connectivity index (χ0v) is 6.72. The SMILES string of the molecule is Cc1cc2c([nH]1)C(CO)NC2=O. The summed E-state index contributed by atoms with van der Waals surface area (Å²) in [6, 6.07) is 1.54. The first-order valence-electron chi connectivity index (χ1n) is 3.83. The number of hydrogen-bond acceptors (Lipinski definition) is 2. The van der Waals surface area contributed by atoms with Gasteiger partial charge >= 0.3 is 0 Å². The minimum atomic E-state index is -0.249. The second-order valence-electron chi connectivity index (χ2n) is 2.99. The van der Waals surface area contributed by atoms with Crippen molar-refractivity contribution in [2.75, 3.05) is 6.61 Å².